The number of ether oxygens (including phenoxy) is 1. The molecule has 0 aromatic heterocycles. The first kappa shape index (κ1) is 5.10. The van der Waals surface area contributed by atoms with Crippen molar-refractivity contribution in [3.8, 4) is 0 Å². The van der Waals surface area contributed by atoms with Gasteiger partial charge >= 0.3 is 0 Å². The van der Waals surface area contributed by atoms with Crippen LogP contribution in [0.25, 0.3) is 0 Å². The van der Waals surface area contributed by atoms with E-state index in [1.54, 1.807) is 0 Å². The van der Waals surface area contributed by atoms with E-state index in [0.717, 1.165) is 13.0 Å². The summed E-state index contributed by atoms with van der Waals surface area (Å²) in [6.07, 6.45) is 4.12. The molecular formula is C6H11O. The molecule has 0 aliphatic carbocycles. The first-order valence-electron chi connectivity index (χ1n) is 2.84. The average molecular weight is 99.2 g/mol. The van der Waals surface area contributed by atoms with Crippen LogP contribution in [0.1, 0.15) is 19.3 Å². The van der Waals surface area contributed by atoms with Crippen LogP contribution in [0.5, 0.6) is 0 Å². The maximum atomic E-state index is 4.98. The maximum absolute atomic E-state index is 4.98. The summed E-state index contributed by atoms with van der Waals surface area (Å²) in [6.45, 7) is 4.73. The number of epoxide rings is 1. The molecule has 1 nitrogen and oxygen atoms in total. The van der Waals surface area contributed by atoms with Crippen molar-refractivity contribution in [2.24, 2.45) is 0 Å². The second kappa shape index (κ2) is 2.31. The fourth-order valence-electron chi connectivity index (χ4n) is 0.607. The Kier molecular flexibility index (Phi) is 1.69. The highest BCUT2D eigenvalue weighted by molar-refractivity contribution is 4.68. The molecule has 0 bridgehead atoms. The van der Waals surface area contributed by atoms with E-state index in [-0.39, 0.29) is 0 Å². The summed E-state index contributed by atoms with van der Waals surface area (Å²) >= 11 is 0. The first-order valence-corrected chi connectivity index (χ1v) is 2.84. The van der Waals surface area contributed by atoms with Crippen molar-refractivity contribution in [2.45, 2.75) is 25.4 Å². The van der Waals surface area contributed by atoms with Crippen molar-refractivity contribution in [3.05, 3.63) is 6.92 Å². The lowest BCUT2D eigenvalue weighted by Gasteiger charge is -1.86. The van der Waals surface area contributed by atoms with Crippen LogP contribution in [0.4, 0.5) is 0 Å². The van der Waals surface area contributed by atoms with Crippen molar-refractivity contribution in [2.75, 3.05) is 6.61 Å². The van der Waals surface area contributed by atoms with Crippen LogP contribution in [0.3, 0.4) is 0 Å². The van der Waals surface area contributed by atoms with E-state index in [4.69, 9.17) is 4.74 Å². The molecule has 0 amide bonds. The average Bonchev–Trinajstić information content (AvgIpc) is 2.42. The number of rotatable bonds is 3. The molecule has 0 saturated carbocycles. The quantitative estimate of drug-likeness (QED) is 0.487. The Morgan fingerprint density at radius 1 is 1.71 bits per heavy atom. The highest BCUT2D eigenvalue weighted by Gasteiger charge is 2.20. The predicted octanol–water partition coefficient (Wildman–Crippen LogP) is 1.39. The van der Waals surface area contributed by atoms with Crippen molar-refractivity contribution in [1.29, 1.82) is 0 Å². The maximum Gasteiger partial charge on any atom is 0.0810 e. The summed E-state index contributed by atoms with van der Waals surface area (Å²) in [5, 5.41) is 0. The second-order valence-corrected chi connectivity index (χ2v) is 1.95. The van der Waals surface area contributed by atoms with Gasteiger partial charge in [0.15, 0.2) is 0 Å². The molecule has 1 aliphatic rings. The van der Waals surface area contributed by atoms with Gasteiger partial charge in [0.1, 0.15) is 0 Å². The summed E-state index contributed by atoms with van der Waals surface area (Å²) in [5.74, 6) is 0. The molecule has 0 aromatic carbocycles. The van der Waals surface area contributed by atoms with Crippen molar-refractivity contribution in [1.82, 2.24) is 0 Å². The van der Waals surface area contributed by atoms with E-state index in [1.807, 2.05) is 0 Å². The van der Waals surface area contributed by atoms with Gasteiger partial charge in [-0.25, -0.2) is 0 Å². The number of unbranched alkanes of at least 4 members (excludes halogenated alkanes) is 1. The minimum Gasteiger partial charge on any atom is -0.373 e. The third-order valence-electron chi connectivity index (χ3n) is 1.18. The molecule has 1 heteroatoms. The molecule has 7 heavy (non-hydrogen) atoms. The van der Waals surface area contributed by atoms with Gasteiger partial charge in [0.25, 0.3) is 0 Å². The zero-order chi connectivity index (χ0) is 5.11. The molecule has 1 aliphatic heterocycles. The summed E-state index contributed by atoms with van der Waals surface area (Å²) in [6, 6.07) is 0. The third-order valence-corrected chi connectivity index (χ3v) is 1.18. The molecule has 0 spiro atoms. The fraction of sp³-hybridized carbons (Fsp3) is 0.833. The molecule has 1 atom stereocenters. The molecule has 1 rings (SSSR count). The number of hydrogen-bond acceptors (Lipinski definition) is 1. The van der Waals surface area contributed by atoms with Gasteiger partial charge in [-0.05, 0) is 6.42 Å². The Bertz CT molecular complexity index is 48.1. The normalized spacial score (nSPS) is 27.9. The van der Waals surface area contributed by atoms with Crippen molar-refractivity contribution < 1.29 is 4.74 Å². The second-order valence-electron chi connectivity index (χ2n) is 1.95. The van der Waals surface area contributed by atoms with Crippen LogP contribution >= 0.6 is 0 Å². The smallest absolute Gasteiger partial charge is 0.0810 e. The molecule has 1 heterocycles. The van der Waals surface area contributed by atoms with Crippen molar-refractivity contribution in [3.63, 3.8) is 0 Å². The zero-order valence-electron chi connectivity index (χ0n) is 4.52. The molecule has 1 saturated heterocycles. The van der Waals surface area contributed by atoms with Crippen LogP contribution in [0.2, 0.25) is 0 Å². The van der Waals surface area contributed by atoms with Gasteiger partial charge in [0.05, 0.1) is 12.7 Å². The summed E-state index contributed by atoms with van der Waals surface area (Å²) in [4.78, 5) is 0. The zero-order valence-corrected chi connectivity index (χ0v) is 4.52. The predicted molar refractivity (Wildman–Crippen MR) is 28.9 cm³/mol. The lowest BCUT2D eigenvalue weighted by atomic mass is 10.2. The minimum absolute atomic E-state index is 0.613. The molecule has 1 radical (unpaired) electrons. The number of hydrogen-bond donors (Lipinski definition) is 0. The Hall–Kier alpha value is -0.0400. The molecule has 1 unspecified atom stereocenters. The third kappa shape index (κ3) is 1.93. The highest BCUT2D eigenvalue weighted by atomic mass is 16.6. The van der Waals surface area contributed by atoms with Crippen LogP contribution in [0.15, 0.2) is 0 Å². The fourth-order valence-corrected chi connectivity index (χ4v) is 0.607. The summed E-state index contributed by atoms with van der Waals surface area (Å²) in [7, 11) is 0. The van der Waals surface area contributed by atoms with E-state index in [0.29, 0.717) is 6.10 Å². The van der Waals surface area contributed by atoms with Gasteiger partial charge in [-0.1, -0.05) is 19.8 Å². The van der Waals surface area contributed by atoms with Crippen LogP contribution in [0, 0.1) is 6.92 Å². The molecule has 0 N–H and O–H groups in total. The van der Waals surface area contributed by atoms with Crippen LogP contribution in [-0.2, 0) is 4.74 Å². The Labute approximate surface area is 44.7 Å². The summed E-state index contributed by atoms with van der Waals surface area (Å²) < 4.78 is 4.98. The summed E-state index contributed by atoms with van der Waals surface area (Å²) in [5.41, 5.74) is 0. The monoisotopic (exact) mass is 99.1 g/mol. The molecule has 1 fully saturated rings. The lowest BCUT2D eigenvalue weighted by Crippen LogP contribution is -1.81. The van der Waals surface area contributed by atoms with Crippen molar-refractivity contribution >= 4 is 0 Å². The SMILES string of the molecule is [CH2]CCCC1CO1. The Morgan fingerprint density at radius 3 is 2.86 bits per heavy atom. The van der Waals surface area contributed by atoms with E-state index in [2.05, 4.69) is 6.92 Å². The van der Waals surface area contributed by atoms with E-state index in [9.17, 15) is 0 Å². The van der Waals surface area contributed by atoms with Crippen LogP contribution < -0.4 is 0 Å². The Morgan fingerprint density at radius 2 is 2.43 bits per heavy atom. The Balaban J connectivity index is 1.80. The topological polar surface area (TPSA) is 12.5 Å². The van der Waals surface area contributed by atoms with Gasteiger partial charge in [-0.15, -0.1) is 0 Å². The largest absolute Gasteiger partial charge is 0.373 e. The van der Waals surface area contributed by atoms with Gasteiger partial charge < -0.3 is 4.74 Å². The van der Waals surface area contributed by atoms with Gasteiger partial charge in [0, 0.05) is 0 Å². The van der Waals surface area contributed by atoms with E-state index in [1.165, 1.54) is 12.8 Å². The van der Waals surface area contributed by atoms with Gasteiger partial charge in [0.2, 0.25) is 0 Å². The highest BCUT2D eigenvalue weighted by Crippen LogP contribution is 2.15. The molecular weight excluding hydrogens is 88.1 g/mol. The minimum atomic E-state index is 0.613. The van der Waals surface area contributed by atoms with Gasteiger partial charge in [-0.3, -0.25) is 0 Å². The van der Waals surface area contributed by atoms with Gasteiger partial charge in [-0.2, -0.15) is 0 Å². The van der Waals surface area contributed by atoms with E-state index < -0.39 is 0 Å². The first-order chi connectivity index (χ1) is 3.43. The lowest BCUT2D eigenvalue weighted by molar-refractivity contribution is 0.392. The van der Waals surface area contributed by atoms with Crippen LogP contribution in [-0.4, -0.2) is 12.7 Å². The molecule has 0 aromatic rings. The molecule has 41 valence electrons. The van der Waals surface area contributed by atoms with E-state index >= 15 is 0 Å². The standard InChI is InChI=1S/C6H11O/c1-2-3-4-6-5-7-6/h6H,1-5H2.